The molecule has 2 bridgehead atoms. The molecule has 9 rings (SSSR count). The molecule has 0 amide bonds. The number of aryl methyl sites for hydroxylation is 2. The Bertz CT molecular complexity index is 1890. The molecule has 1 N–H and O–H groups in total. The summed E-state index contributed by atoms with van der Waals surface area (Å²) >= 11 is 0. The van der Waals surface area contributed by atoms with Crippen LogP contribution in [0.2, 0.25) is 0 Å². The van der Waals surface area contributed by atoms with E-state index < -0.39 is 12.0 Å². The molecule has 2 aromatic carbocycles. The molecule has 1 aliphatic carbocycles. The second kappa shape index (κ2) is 10.5. The van der Waals surface area contributed by atoms with Crippen molar-refractivity contribution in [3.05, 3.63) is 52.7 Å². The molecule has 240 valence electrons. The van der Waals surface area contributed by atoms with Gasteiger partial charge in [0, 0.05) is 43.7 Å². The SMILES string of the molecule is Cc1c(F)ccc2cc(C3CC3)cc(-c3nc(C)c4c(N5CC6CCC(C5)N6)nc(OC[C@@]56CCCN5CC(F)C6)nc4c3F)c12. The van der Waals surface area contributed by atoms with Crippen molar-refractivity contribution >= 4 is 27.5 Å². The zero-order valence-corrected chi connectivity index (χ0v) is 26.4. The Labute approximate surface area is 266 Å². The van der Waals surface area contributed by atoms with Gasteiger partial charge in [-0.15, -0.1) is 0 Å². The zero-order chi connectivity index (χ0) is 31.3. The number of piperazine rings is 1. The highest BCUT2D eigenvalue weighted by molar-refractivity contribution is 6.02. The van der Waals surface area contributed by atoms with Gasteiger partial charge < -0.3 is 15.0 Å². The number of hydrogen-bond donors (Lipinski definition) is 1. The lowest BCUT2D eigenvalue weighted by molar-refractivity contribution is 0.107. The van der Waals surface area contributed by atoms with Gasteiger partial charge in [-0.3, -0.25) is 4.90 Å². The minimum Gasteiger partial charge on any atom is -0.461 e. The van der Waals surface area contributed by atoms with Crippen LogP contribution >= 0.6 is 0 Å². The van der Waals surface area contributed by atoms with Gasteiger partial charge in [-0.25, -0.2) is 18.2 Å². The van der Waals surface area contributed by atoms with Crippen molar-refractivity contribution in [2.75, 3.05) is 37.7 Å². The first kappa shape index (κ1) is 28.7. The van der Waals surface area contributed by atoms with Gasteiger partial charge in [-0.05, 0) is 98.9 Å². The number of ether oxygens (including phenoxy) is 1. The molecule has 0 spiro atoms. The normalized spacial score (nSPS) is 27.7. The van der Waals surface area contributed by atoms with Crippen LogP contribution in [0, 0.1) is 25.5 Å². The van der Waals surface area contributed by atoms with E-state index in [0.717, 1.165) is 69.1 Å². The number of aromatic nitrogens is 3. The second-order valence-electron chi connectivity index (χ2n) is 14.4. The van der Waals surface area contributed by atoms with Crippen molar-refractivity contribution in [3.63, 3.8) is 0 Å². The van der Waals surface area contributed by atoms with Crippen molar-refractivity contribution in [1.29, 1.82) is 0 Å². The number of fused-ring (bicyclic) bond motifs is 5. The fourth-order valence-corrected chi connectivity index (χ4v) is 8.88. The fraction of sp³-hybridized carbons (Fsp3) is 0.528. The maximum atomic E-state index is 17.2. The molecule has 5 aliphatic rings. The predicted molar refractivity (Wildman–Crippen MR) is 172 cm³/mol. The van der Waals surface area contributed by atoms with Crippen molar-refractivity contribution in [1.82, 2.24) is 25.2 Å². The molecular formula is C36H39F3N6O. The summed E-state index contributed by atoms with van der Waals surface area (Å²) in [5.41, 5.74) is 2.74. The molecule has 4 saturated heterocycles. The number of alkyl halides is 1. The third-order valence-corrected chi connectivity index (χ3v) is 11.3. The summed E-state index contributed by atoms with van der Waals surface area (Å²) in [5.74, 6) is 0.157. The van der Waals surface area contributed by atoms with Crippen LogP contribution < -0.4 is 15.0 Å². The monoisotopic (exact) mass is 628 g/mol. The van der Waals surface area contributed by atoms with E-state index in [1.165, 1.54) is 6.07 Å². The quantitative estimate of drug-likeness (QED) is 0.261. The molecule has 1 saturated carbocycles. The first-order valence-corrected chi connectivity index (χ1v) is 16.9. The van der Waals surface area contributed by atoms with Gasteiger partial charge in [0.25, 0.3) is 0 Å². The van der Waals surface area contributed by atoms with E-state index in [9.17, 15) is 8.78 Å². The number of rotatable bonds is 6. The Morgan fingerprint density at radius 2 is 1.78 bits per heavy atom. The summed E-state index contributed by atoms with van der Waals surface area (Å²) in [6.07, 6.45) is 5.76. The summed E-state index contributed by atoms with van der Waals surface area (Å²) in [4.78, 5) is 19.0. The molecule has 46 heavy (non-hydrogen) atoms. The van der Waals surface area contributed by atoms with Crippen LogP contribution in [-0.2, 0) is 0 Å². The predicted octanol–water partition coefficient (Wildman–Crippen LogP) is 6.51. The number of nitrogens with one attached hydrogen (secondary N) is 1. The number of anilines is 1. The van der Waals surface area contributed by atoms with E-state index in [-0.39, 0.29) is 35.2 Å². The summed E-state index contributed by atoms with van der Waals surface area (Å²) < 4.78 is 53.0. The number of hydrogen-bond acceptors (Lipinski definition) is 7. The Kier molecular flexibility index (Phi) is 6.55. The van der Waals surface area contributed by atoms with Gasteiger partial charge in [0.1, 0.15) is 35.6 Å². The Morgan fingerprint density at radius 1 is 0.978 bits per heavy atom. The van der Waals surface area contributed by atoms with Gasteiger partial charge in [-0.1, -0.05) is 12.1 Å². The lowest BCUT2D eigenvalue weighted by Crippen LogP contribution is -2.51. The highest BCUT2D eigenvalue weighted by atomic mass is 19.1. The van der Waals surface area contributed by atoms with Crippen molar-refractivity contribution < 1.29 is 17.9 Å². The highest BCUT2D eigenvalue weighted by Crippen LogP contribution is 2.46. The van der Waals surface area contributed by atoms with Crippen molar-refractivity contribution in [2.45, 2.75) is 88.5 Å². The largest absolute Gasteiger partial charge is 0.461 e. The van der Waals surface area contributed by atoms with E-state index in [1.807, 2.05) is 13.0 Å². The van der Waals surface area contributed by atoms with Gasteiger partial charge in [0.15, 0.2) is 5.82 Å². The van der Waals surface area contributed by atoms with Crippen LogP contribution in [0.5, 0.6) is 6.01 Å². The molecule has 3 unspecified atom stereocenters. The molecule has 0 radical (unpaired) electrons. The molecule has 7 nitrogen and oxygen atoms in total. The molecule has 2 aromatic heterocycles. The van der Waals surface area contributed by atoms with Crippen LogP contribution in [-0.4, -0.2) is 76.4 Å². The average Bonchev–Trinajstić information content (AvgIpc) is 3.66. The first-order valence-electron chi connectivity index (χ1n) is 16.9. The number of pyridine rings is 1. The van der Waals surface area contributed by atoms with Gasteiger partial charge >= 0.3 is 6.01 Å². The van der Waals surface area contributed by atoms with Crippen LogP contribution in [0.4, 0.5) is 19.0 Å². The molecule has 4 atom stereocenters. The van der Waals surface area contributed by atoms with Crippen molar-refractivity contribution in [3.8, 4) is 17.3 Å². The van der Waals surface area contributed by atoms with Crippen LogP contribution in [0.3, 0.4) is 0 Å². The molecular weight excluding hydrogens is 589 g/mol. The van der Waals surface area contributed by atoms with Crippen LogP contribution in [0.1, 0.15) is 67.7 Å². The zero-order valence-electron chi connectivity index (χ0n) is 26.4. The highest BCUT2D eigenvalue weighted by Gasteiger charge is 2.49. The van der Waals surface area contributed by atoms with E-state index in [0.29, 0.717) is 64.4 Å². The molecule has 4 aromatic rings. The van der Waals surface area contributed by atoms with Gasteiger partial charge in [-0.2, -0.15) is 9.97 Å². The van der Waals surface area contributed by atoms with Gasteiger partial charge in [0.2, 0.25) is 0 Å². The topological polar surface area (TPSA) is 66.4 Å². The Hall–Kier alpha value is -3.50. The second-order valence-corrected chi connectivity index (χ2v) is 14.4. The van der Waals surface area contributed by atoms with Gasteiger partial charge in [0.05, 0.1) is 16.6 Å². The lowest BCUT2D eigenvalue weighted by atomic mass is 9.92. The van der Waals surface area contributed by atoms with Crippen LogP contribution in [0.25, 0.3) is 32.9 Å². The molecule has 6 heterocycles. The minimum atomic E-state index is -0.878. The van der Waals surface area contributed by atoms with E-state index >= 15 is 4.39 Å². The maximum Gasteiger partial charge on any atom is 0.319 e. The third kappa shape index (κ3) is 4.58. The average molecular weight is 629 g/mol. The Balaban J connectivity index is 1.21. The number of halogens is 3. The maximum absolute atomic E-state index is 17.2. The van der Waals surface area contributed by atoms with E-state index in [2.05, 4.69) is 21.2 Å². The standard InChI is InChI=1S/C36H39F3N6O/c1-19-28(38)9-6-22-12-23(21-4-5-21)13-27(29(19)22)32-31(39)33-30(20(2)40-32)34(44-16-25-7-8-26(17-44)41-25)43-35(42-33)46-18-36-10-3-11-45(36)15-24(37)14-36/h6,9,12-13,21,24-26,41H,3-5,7-8,10-11,14-18H2,1-2H3/t24?,25?,26?,36-/m0/s1. The summed E-state index contributed by atoms with van der Waals surface area (Å²) in [6, 6.07) is 8.15. The first-order chi connectivity index (χ1) is 22.3. The van der Waals surface area contributed by atoms with Crippen LogP contribution in [0.15, 0.2) is 24.3 Å². The number of benzene rings is 2. The smallest absolute Gasteiger partial charge is 0.319 e. The minimum absolute atomic E-state index is 0.103. The third-order valence-electron chi connectivity index (χ3n) is 11.3. The summed E-state index contributed by atoms with van der Waals surface area (Å²) in [7, 11) is 0. The Morgan fingerprint density at radius 3 is 2.57 bits per heavy atom. The number of nitrogens with zero attached hydrogens (tertiary/aromatic N) is 5. The van der Waals surface area contributed by atoms with Crippen molar-refractivity contribution in [2.24, 2.45) is 0 Å². The summed E-state index contributed by atoms with van der Waals surface area (Å²) in [5, 5.41) is 5.79. The molecule has 4 aliphatic heterocycles. The van der Waals surface area contributed by atoms with E-state index in [1.54, 1.807) is 13.0 Å². The fourth-order valence-electron chi connectivity index (χ4n) is 8.88. The van der Waals surface area contributed by atoms with E-state index in [4.69, 9.17) is 19.7 Å². The summed E-state index contributed by atoms with van der Waals surface area (Å²) in [6.45, 7) is 6.66. The lowest BCUT2D eigenvalue weighted by Gasteiger charge is -2.35. The molecule has 5 fully saturated rings. The molecule has 10 heteroatoms.